The van der Waals surface area contributed by atoms with E-state index in [1.54, 1.807) is 0 Å². The number of hydrogen-bond donors (Lipinski definition) is 0. The number of nitriles is 1. The summed E-state index contributed by atoms with van der Waals surface area (Å²) in [5.41, 5.74) is 0.400. The average molecular weight is 125 g/mol. The molecule has 0 fully saturated rings. The first-order valence-electron chi connectivity index (χ1n) is 3.43. The van der Waals surface area contributed by atoms with Crippen LogP contribution in [0.25, 0.3) is 0 Å². The van der Waals surface area contributed by atoms with Crippen LogP contribution in [-0.2, 0) is 0 Å². The molecule has 0 amide bonds. The fraction of sp³-hybridized carbons (Fsp3) is 0.875. The molecule has 0 saturated carbocycles. The molecule has 0 rings (SSSR count). The van der Waals surface area contributed by atoms with Crippen LogP contribution in [0.3, 0.4) is 0 Å². The normalized spacial score (nSPS) is 10.9. The molecular weight excluding hydrogens is 110 g/mol. The van der Waals surface area contributed by atoms with Crippen molar-refractivity contribution in [3.8, 4) is 6.07 Å². The zero-order valence-electron chi connectivity index (χ0n) is 6.57. The van der Waals surface area contributed by atoms with Gasteiger partial charge >= 0.3 is 0 Å². The van der Waals surface area contributed by atoms with E-state index in [0.717, 1.165) is 12.8 Å². The van der Waals surface area contributed by atoms with Crippen LogP contribution in [-0.4, -0.2) is 0 Å². The van der Waals surface area contributed by atoms with Gasteiger partial charge in [-0.3, -0.25) is 0 Å². The lowest BCUT2D eigenvalue weighted by Gasteiger charge is -2.16. The van der Waals surface area contributed by atoms with Crippen molar-refractivity contribution >= 4 is 0 Å². The van der Waals surface area contributed by atoms with E-state index in [1.165, 1.54) is 0 Å². The molecule has 0 radical (unpaired) electrons. The maximum atomic E-state index is 8.21. The molecule has 0 spiro atoms. The Bertz CT molecular complexity index is 103. The third-order valence-electron chi connectivity index (χ3n) is 1.22. The summed E-state index contributed by atoms with van der Waals surface area (Å²) in [6.45, 7) is 6.60. The second kappa shape index (κ2) is 3.50. The van der Waals surface area contributed by atoms with E-state index in [1.807, 2.05) is 0 Å². The summed E-state index contributed by atoms with van der Waals surface area (Å²) >= 11 is 0. The Morgan fingerprint density at radius 1 is 1.33 bits per heavy atom. The SMILES string of the molecule is CC(C)(C)CCCC#N. The molecule has 0 aliphatic rings. The quantitative estimate of drug-likeness (QED) is 0.520. The summed E-state index contributed by atoms with van der Waals surface area (Å²) < 4.78 is 0. The lowest BCUT2D eigenvalue weighted by molar-refractivity contribution is 0.368. The van der Waals surface area contributed by atoms with Gasteiger partial charge in [0.2, 0.25) is 0 Å². The van der Waals surface area contributed by atoms with Gasteiger partial charge in [-0.2, -0.15) is 5.26 Å². The first-order chi connectivity index (χ1) is 4.06. The molecule has 1 heteroatoms. The van der Waals surface area contributed by atoms with Crippen molar-refractivity contribution in [2.24, 2.45) is 5.41 Å². The molecule has 0 aromatic rings. The van der Waals surface area contributed by atoms with Crippen LogP contribution in [0.15, 0.2) is 0 Å². The molecule has 0 aromatic heterocycles. The van der Waals surface area contributed by atoms with Gasteiger partial charge in [0.25, 0.3) is 0 Å². The number of nitrogens with zero attached hydrogens (tertiary/aromatic N) is 1. The molecule has 1 nitrogen and oxygen atoms in total. The highest BCUT2D eigenvalue weighted by Gasteiger charge is 2.07. The number of hydrogen-bond acceptors (Lipinski definition) is 1. The molecule has 0 saturated heterocycles. The van der Waals surface area contributed by atoms with Gasteiger partial charge in [0.15, 0.2) is 0 Å². The van der Waals surface area contributed by atoms with Crippen LogP contribution in [0.4, 0.5) is 0 Å². The van der Waals surface area contributed by atoms with Crippen molar-refractivity contribution in [1.82, 2.24) is 0 Å². The van der Waals surface area contributed by atoms with Crippen LogP contribution in [0.1, 0.15) is 40.0 Å². The smallest absolute Gasteiger partial charge is 0.0621 e. The van der Waals surface area contributed by atoms with Crippen molar-refractivity contribution in [3.05, 3.63) is 0 Å². The fourth-order valence-electron chi connectivity index (χ4n) is 0.698. The summed E-state index contributed by atoms with van der Waals surface area (Å²) in [7, 11) is 0. The predicted molar refractivity (Wildman–Crippen MR) is 38.9 cm³/mol. The molecule has 0 aliphatic heterocycles. The maximum Gasteiger partial charge on any atom is 0.0621 e. The van der Waals surface area contributed by atoms with Gasteiger partial charge in [0.05, 0.1) is 6.07 Å². The molecule has 0 N–H and O–H groups in total. The van der Waals surface area contributed by atoms with Gasteiger partial charge in [-0.25, -0.2) is 0 Å². The van der Waals surface area contributed by atoms with Crippen LogP contribution in [0.2, 0.25) is 0 Å². The summed E-state index contributed by atoms with van der Waals surface area (Å²) in [5, 5.41) is 8.21. The van der Waals surface area contributed by atoms with Gasteiger partial charge in [0, 0.05) is 6.42 Å². The van der Waals surface area contributed by atoms with Crippen LogP contribution < -0.4 is 0 Å². The van der Waals surface area contributed by atoms with Crippen LogP contribution in [0.5, 0.6) is 0 Å². The summed E-state index contributed by atoms with van der Waals surface area (Å²) in [5.74, 6) is 0. The Balaban J connectivity index is 3.20. The fourth-order valence-corrected chi connectivity index (χ4v) is 0.698. The second-order valence-electron chi connectivity index (χ2n) is 3.57. The highest BCUT2D eigenvalue weighted by Crippen LogP contribution is 2.20. The van der Waals surface area contributed by atoms with Gasteiger partial charge in [-0.1, -0.05) is 20.8 Å². The van der Waals surface area contributed by atoms with E-state index < -0.39 is 0 Å². The summed E-state index contributed by atoms with van der Waals surface area (Å²) in [6, 6.07) is 2.14. The van der Waals surface area contributed by atoms with E-state index in [2.05, 4.69) is 26.8 Å². The van der Waals surface area contributed by atoms with E-state index in [0.29, 0.717) is 11.8 Å². The standard InChI is InChI=1S/C8H15N/c1-8(2,3)6-4-5-7-9/h4-6H2,1-3H3. The van der Waals surface area contributed by atoms with E-state index in [4.69, 9.17) is 5.26 Å². The molecule has 0 heterocycles. The second-order valence-corrected chi connectivity index (χ2v) is 3.57. The Morgan fingerprint density at radius 2 is 1.89 bits per heavy atom. The Hall–Kier alpha value is -0.510. The number of rotatable bonds is 2. The van der Waals surface area contributed by atoms with Gasteiger partial charge in [0.1, 0.15) is 0 Å². The van der Waals surface area contributed by atoms with Crippen molar-refractivity contribution < 1.29 is 0 Å². The maximum absolute atomic E-state index is 8.21. The minimum absolute atomic E-state index is 0.400. The first kappa shape index (κ1) is 8.49. The van der Waals surface area contributed by atoms with Crippen LogP contribution >= 0.6 is 0 Å². The molecule has 0 unspecified atom stereocenters. The lowest BCUT2D eigenvalue weighted by Crippen LogP contribution is -2.03. The molecule has 52 valence electrons. The van der Waals surface area contributed by atoms with E-state index in [-0.39, 0.29) is 0 Å². The Labute approximate surface area is 57.7 Å². The molecule has 0 atom stereocenters. The molecule has 0 aromatic carbocycles. The molecule has 0 bridgehead atoms. The first-order valence-corrected chi connectivity index (χ1v) is 3.43. The third kappa shape index (κ3) is 7.49. The highest BCUT2D eigenvalue weighted by molar-refractivity contribution is 4.71. The summed E-state index contributed by atoms with van der Waals surface area (Å²) in [6.07, 6.45) is 2.90. The molecular formula is C8H15N. The van der Waals surface area contributed by atoms with Crippen LogP contribution in [0, 0.1) is 16.7 Å². The lowest BCUT2D eigenvalue weighted by atomic mass is 9.90. The molecule has 0 aliphatic carbocycles. The molecule has 9 heavy (non-hydrogen) atoms. The average Bonchev–Trinajstić information content (AvgIpc) is 1.63. The zero-order chi connectivity index (χ0) is 7.33. The Morgan fingerprint density at radius 3 is 2.22 bits per heavy atom. The Kier molecular flexibility index (Phi) is 3.30. The van der Waals surface area contributed by atoms with Crippen molar-refractivity contribution in [2.75, 3.05) is 0 Å². The van der Waals surface area contributed by atoms with Gasteiger partial charge < -0.3 is 0 Å². The third-order valence-corrected chi connectivity index (χ3v) is 1.22. The van der Waals surface area contributed by atoms with Gasteiger partial charge in [-0.05, 0) is 18.3 Å². The topological polar surface area (TPSA) is 23.8 Å². The zero-order valence-corrected chi connectivity index (χ0v) is 6.57. The van der Waals surface area contributed by atoms with Crippen molar-refractivity contribution in [2.45, 2.75) is 40.0 Å². The van der Waals surface area contributed by atoms with E-state index in [9.17, 15) is 0 Å². The predicted octanol–water partition coefficient (Wildman–Crippen LogP) is 2.73. The largest absolute Gasteiger partial charge is 0.198 e. The minimum Gasteiger partial charge on any atom is -0.198 e. The van der Waals surface area contributed by atoms with Crippen molar-refractivity contribution in [3.63, 3.8) is 0 Å². The summed E-state index contributed by atoms with van der Waals surface area (Å²) in [4.78, 5) is 0. The van der Waals surface area contributed by atoms with Gasteiger partial charge in [-0.15, -0.1) is 0 Å². The number of unbranched alkanes of at least 4 members (excludes halogenated alkanes) is 1. The van der Waals surface area contributed by atoms with Crippen molar-refractivity contribution in [1.29, 1.82) is 5.26 Å². The minimum atomic E-state index is 0.400. The highest BCUT2D eigenvalue weighted by atomic mass is 14.2. The van der Waals surface area contributed by atoms with E-state index >= 15 is 0 Å². The monoisotopic (exact) mass is 125 g/mol.